The molecular formula is C16H20N4O4S3. The van der Waals surface area contributed by atoms with Gasteiger partial charge in [-0.25, -0.2) is 0 Å². The van der Waals surface area contributed by atoms with Gasteiger partial charge >= 0.3 is 0 Å². The van der Waals surface area contributed by atoms with Crippen LogP contribution in [0.1, 0.15) is 18.5 Å². The summed E-state index contributed by atoms with van der Waals surface area (Å²) < 4.78 is 11.9. The molecule has 0 saturated carbocycles. The van der Waals surface area contributed by atoms with Crippen LogP contribution in [0.3, 0.4) is 0 Å². The predicted octanol–water partition coefficient (Wildman–Crippen LogP) is 2.10. The fourth-order valence-electron chi connectivity index (χ4n) is 2.11. The lowest BCUT2D eigenvalue weighted by atomic mass is 10.1. The Morgan fingerprint density at radius 1 is 1.19 bits per heavy atom. The molecule has 2 rings (SSSR count). The molecule has 1 unspecified atom stereocenters. The van der Waals surface area contributed by atoms with E-state index in [1.54, 1.807) is 26.4 Å². The van der Waals surface area contributed by atoms with Crippen LogP contribution in [0.2, 0.25) is 0 Å². The highest BCUT2D eigenvalue weighted by molar-refractivity contribution is 8.03. The maximum absolute atomic E-state index is 12.3. The van der Waals surface area contributed by atoms with Crippen molar-refractivity contribution in [3.63, 3.8) is 0 Å². The largest absolute Gasteiger partial charge is 0.497 e. The Labute approximate surface area is 169 Å². The van der Waals surface area contributed by atoms with Gasteiger partial charge in [-0.3, -0.25) is 9.59 Å². The Hall–Kier alpha value is -1.98. The molecular weight excluding hydrogens is 408 g/mol. The minimum absolute atomic E-state index is 0.140. The van der Waals surface area contributed by atoms with Crippen LogP contribution in [-0.4, -0.2) is 47.7 Å². The first-order valence-electron chi connectivity index (χ1n) is 7.81. The van der Waals surface area contributed by atoms with Gasteiger partial charge in [0, 0.05) is 5.56 Å². The number of nitrogens with two attached hydrogens (primary N) is 1. The molecule has 0 radical (unpaired) electrons. The molecule has 0 aliphatic carbocycles. The number of hydrogen-bond acceptors (Lipinski definition) is 9. The van der Waals surface area contributed by atoms with E-state index in [9.17, 15) is 9.59 Å². The van der Waals surface area contributed by atoms with E-state index in [0.29, 0.717) is 20.2 Å². The van der Waals surface area contributed by atoms with E-state index in [4.69, 9.17) is 15.2 Å². The van der Waals surface area contributed by atoms with Gasteiger partial charge in [-0.05, 0) is 25.1 Å². The highest BCUT2D eigenvalue weighted by Crippen LogP contribution is 2.30. The average Bonchev–Trinajstić information content (AvgIpc) is 3.12. The number of carbonyl (C=O) groups is 2. The Balaban J connectivity index is 1.89. The number of rotatable bonds is 10. The van der Waals surface area contributed by atoms with Crippen molar-refractivity contribution in [2.24, 2.45) is 5.73 Å². The van der Waals surface area contributed by atoms with Crippen molar-refractivity contribution >= 4 is 46.7 Å². The van der Waals surface area contributed by atoms with Gasteiger partial charge in [0.15, 0.2) is 8.68 Å². The summed E-state index contributed by atoms with van der Waals surface area (Å²) in [5.41, 5.74) is 5.93. The second-order valence-corrected chi connectivity index (χ2v) is 8.70. The van der Waals surface area contributed by atoms with Crippen LogP contribution in [0.4, 0.5) is 0 Å². The molecule has 2 amide bonds. The van der Waals surface area contributed by atoms with Crippen molar-refractivity contribution in [1.82, 2.24) is 15.5 Å². The van der Waals surface area contributed by atoms with Gasteiger partial charge in [0.25, 0.3) is 0 Å². The number of primary amides is 1. The number of nitrogens with one attached hydrogen (secondary N) is 1. The van der Waals surface area contributed by atoms with Gasteiger partial charge < -0.3 is 20.5 Å². The molecule has 0 bridgehead atoms. The van der Waals surface area contributed by atoms with Gasteiger partial charge in [0.05, 0.1) is 31.8 Å². The maximum Gasteiger partial charge on any atom is 0.230 e. The third-order valence-electron chi connectivity index (χ3n) is 3.33. The quantitative estimate of drug-likeness (QED) is 0.553. The zero-order valence-corrected chi connectivity index (χ0v) is 17.5. The maximum atomic E-state index is 12.3. The number of ether oxygens (including phenoxy) is 2. The lowest BCUT2D eigenvalue weighted by Crippen LogP contribution is -2.28. The molecule has 146 valence electrons. The van der Waals surface area contributed by atoms with E-state index in [0.717, 1.165) is 5.56 Å². The van der Waals surface area contributed by atoms with Crippen LogP contribution in [0, 0.1) is 0 Å². The summed E-state index contributed by atoms with van der Waals surface area (Å²) in [6, 6.07) is 5.19. The Bertz CT molecular complexity index is 800. The number of amides is 2. The predicted molar refractivity (Wildman–Crippen MR) is 107 cm³/mol. The minimum atomic E-state index is -0.411. The molecule has 27 heavy (non-hydrogen) atoms. The van der Waals surface area contributed by atoms with E-state index >= 15 is 0 Å². The van der Waals surface area contributed by atoms with Gasteiger partial charge in [-0.15, -0.1) is 10.2 Å². The zero-order chi connectivity index (χ0) is 19.8. The second kappa shape index (κ2) is 10.4. The minimum Gasteiger partial charge on any atom is -0.497 e. The monoisotopic (exact) mass is 428 g/mol. The summed E-state index contributed by atoms with van der Waals surface area (Å²) >= 11 is 3.84. The molecule has 0 spiro atoms. The number of benzene rings is 1. The van der Waals surface area contributed by atoms with E-state index in [1.165, 1.54) is 34.9 Å². The summed E-state index contributed by atoms with van der Waals surface area (Å²) in [7, 11) is 3.17. The molecule has 0 aliphatic heterocycles. The third-order valence-corrected chi connectivity index (χ3v) is 6.55. The molecule has 3 N–H and O–H groups in total. The fourth-order valence-corrected chi connectivity index (χ4v) is 4.68. The molecule has 0 aliphatic rings. The van der Waals surface area contributed by atoms with E-state index < -0.39 is 5.91 Å². The van der Waals surface area contributed by atoms with E-state index in [2.05, 4.69) is 15.5 Å². The first kappa shape index (κ1) is 21.3. The molecule has 0 fully saturated rings. The van der Waals surface area contributed by atoms with Gasteiger partial charge in [-0.2, -0.15) is 0 Å². The number of carbonyl (C=O) groups excluding carboxylic acids is 2. The number of methoxy groups -OCH3 is 2. The van der Waals surface area contributed by atoms with Crippen molar-refractivity contribution < 1.29 is 19.1 Å². The molecule has 1 aromatic carbocycles. The van der Waals surface area contributed by atoms with Crippen molar-refractivity contribution in [3.8, 4) is 11.5 Å². The van der Waals surface area contributed by atoms with Crippen LogP contribution in [0.25, 0.3) is 0 Å². The van der Waals surface area contributed by atoms with Crippen LogP contribution >= 0.6 is 34.9 Å². The molecule has 1 atom stereocenters. The first-order valence-corrected chi connectivity index (χ1v) is 10.6. The second-order valence-electron chi connectivity index (χ2n) is 5.27. The van der Waals surface area contributed by atoms with Crippen molar-refractivity contribution in [2.75, 3.05) is 25.7 Å². The molecule has 1 aromatic heterocycles. The van der Waals surface area contributed by atoms with E-state index in [-0.39, 0.29) is 23.5 Å². The Kier molecular flexibility index (Phi) is 8.20. The lowest BCUT2D eigenvalue weighted by Gasteiger charge is -2.18. The normalized spacial score (nSPS) is 11.7. The number of hydrogen-bond donors (Lipinski definition) is 2. The summed E-state index contributed by atoms with van der Waals surface area (Å²) in [5.74, 6) is 1.17. The van der Waals surface area contributed by atoms with Gasteiger partial charge in [0.2, 0.25) is 11.8 Å². The van der Waals surface area contributed by atoms with Crippen LogP contribution < -0.4 is 20.5 Å². The van der Waals surface area contributed by atoms with Crippen LogP contribution in [0.5, 0.6) is 11.5 Å². The molecule has 2 aromatic rings. The van der Waals surface area contributed by atoms with Crippen LogP contribution in [0.15, 0.2) is 26.9 Å². The topological polar surface area (TPSA) is 116 Å². The van der Waals surface area contributed by atoms with Gasteiger partial charge in [-0.1, -0.05) is 34.9 Å². The summed E-state index contributed by atoms with van der Waals surface area (Å²) in [5, 5.41) is 10.9. The summed E-state index contributed by atoms with van der Waals surface area (Å²) in [4.78, 5) is 23.0. The standard InChI is InChI=1S/C16H20N4O4S3/c1-9(11-6-10(23-2)4-5-12(11)24-3)18-14(22)8-26-16-20-19-15(27-16)25-7-13(17)21/h4-6,9H,7-8H2,1-3H3,(H2,17,21)(H,18,22). The van der Waals surface area contributed by atoms with Crippen LogP contribution in [-0.2, 0) is 9.59 Å². The van der Waals surface area contributed by atoms with Crippen molar-refractivity contribution in [2.45, 2.75) is 21.6 Å². The first-order chi connectivity index (χ1) is 12.9. The Morgan fingerprint density at radius 3 is 2.44 bits per heavy atom. The molecule has 8 nitrogen and oxygen atoms in total. The number of nitrogens with zero attached hydrogens (tertiary/aromatic N) is 2. The van der Waals surface area contributed by atoms with E-state index in [1.807, 2.05) is 13.0 Å². The van der Waals surface area contributed by atoms with Crippen molar-refractivity contribution in [3.05, 3.63) is 23.8 Å². The Morgan fingerprint density at radius 2 is 1.85 bits per heavy atom. The third kappa shape index (κ3) is 6.60. The average molecular weight is 429 g/mol. The molecule has 11 heteroatoms. The molecule has 0 saturated heterocycles. The highest BCUT2D eigenvalue weighted by atomic mass is 32.2. The zero-order valence-electron chi connectivity index (χ0n) is 15.1. The lowest BCUT2D eigenvalue weighted by molar-refractivity contribution is -0.119. The summed E-state index contributed by atoms with van der Waals surface area (Å²) in [6.45, 7) is 1.88. The molecule has 1 heterocycles. The van der Waals surface area contributed by atoms with Gasteiger partial charge in [0.1, 0.15) is 11.5 Å². The summed E-state index contributed by atoms with van der Waals surface area (Å²) in [6.07, 6.45) is 0. The van der Waals surface area contributed by atoms with Crippen molar-refractivity contribution in [1.29, 1.82) is 0 Å². The SMILES string of the molecule is COc1ccc(OC)c(C(C)NC(=O)CSc2nnc(SCC(N)=O)s2)c1. The highest BCUT2D eigenvalue weighted by Gasteiger charge is 2.16. The smallest absolute Gasteiger partial charge is 0.230 e. The fraction of sp³-hybridized carbons (Fsp3) is 0.375. The number of thioether (sulfide) groups is 2. The number of aromatic nitrogens is 2.